The van der Waals surface area contributed by atoms with E-state index in [4.69, 9.17) is 0 Å². The molecule has 4 nitrogen and oxygen atoms in total. The van der Waals surface area contributed by atoms with Gasteiger partial charge < -0.3 is 4.57 Å². The van der Waals surface area contributed by atoms with Gasteiger partial charge in [-0.15, -0.1) is 0 Å². The van der Waals surface area contributed by atoms with Crippen molar-refractivity contribution >= 4 is 28.4 Å². The van der Waals surface area contributed by atoms with Crippen molar-refractivity contribution in [2.24, 2.45) is 7.05 Å². The number of imidazole rings is 1. The number of aromatic nitrogens is 3. The maximum absolute atomic E-state index is 11.3. The fourth-order valence-corrected chi connectivity index (χ4v) is 1.71. The Morgan fingerprint density at radius 2 is 2.15 bits per heavy atom. The van der Waals surface area contributed by atoms with Gasteiger partial charge in [0, 0.05) is 25.0 Å². The van der Waals surface area contributed by atoms with Crippen LogP contribution in [0.5, 0.6) is 0 Å². The molecule has 0 aliphatic heterocycles. The molecule has 13 heavy (non-hydrogen) atoms. The van der Waals surface area contributed by atoms with E-state index >= 15 is 0 Å². The van der Waals surface area contributed by atoms with Crippen molar-refractivity contribution in [1.82, 2.24) is 14.0 Å². The topological polar surface area (TPSA) is 39.3 Å². The van der Waals surface area contributed by atoms with Crippen molar-refractivity contribution in [3.8, 4) is 0 Å². The highest BCUT2D eigenvalue weighted by molar-refractivity contribution is 14.1. The van der Waals surface area contributed by atoms with E-state index in [9.17, 15) is 4.79 Å². The third-order valence-corrected chi connectivity index (χ3v) is 2.97. The highest BCUT2D eigenvalue weighted by Gasteiger charge is 2.05. The Labute approximate surface area is 88.4 Å². The van der Waals surface area contributed by atoms with Gasteiger partial charge in [0.2, 0.25) is 5.78 Å². The molecule has 5 heteroatoms. The van der Waals surface area contributed by atoms with Crippen molar-refractivity contribution < 1.29 is 0 Å². The molecule has 0 saturated heterocycles. The first kappa shape index (κ1) is 8.74. The van der Waals surface area contributed by atoms with Gasteiger partial charge in [-0.05, 0) is 29.5 Å². The summed E-state index contributed by atoms with van der Waals surface area (Å²) < 4.78 is 4.79. The molecule has 2 heterocycles. The SMILES string of the molecule is Cc1cn2cc(I)n(C)c2nc1=O. The maximum atomic E-state index is 11.3. The van der Waals surface area contributed by atoms with Gasteiger partial charge in [0.25, 0.3) is 5.56 Å². The molecule has 0 N–H and O–H groups in total. The normalized spacial score (nSPS) is 11.0. The number of fused-ring (bicyclic) bond motifs is 1. The summed E-state index contributed by atoms with van der Waals surface area (Å²) >= 11 is 2.20. The standard InChI is InChI=1S/C8H8IN3O/c1-5-3-12-4-6(9)11(2)8(12)10-7(5)13/h3-4H,1-2H3. The maximum Gasteiger partial charge on any atom is 0.277 e. The van der Waals surface area contributed by atoms with Crippen LogP contribution in [0.2, 0.25) is 0 Å². The van der Waals surface area contributed by atoms with Crippen LogP contribution in [-0.4, -0.2) is 14.0 Å². The summed E-state index contributed by atoms with van der Waals surface area (Å²) in [6, 6.07) is 0. The van der Waals surface area contributed by atoms with E-state index in [0.29, 0.717) is 11.3 Å². The van der Waals surface area contributed by atoms with E-state index in [2.05, 4.69) is 27.6 Å². The van der Waals surface area contributed by atoms with Crippen LogP contribution in [0.15, 0.2) is 17.2 Å². The minimum Gasteiger partial charge on any atom is -0.308 e. The van der Waals surface area contributed by atoms with Crippen molar-refractivity contribution in [2.45, 2.75) is 6.92 Å². The number of nitrogens with zero attached hydrogens (tertiary/aromatic N) is 3. The lowest BCUT2D eigenvalue weighted by Crippen LogP contribution is -2.12. The van der Waals surface area contributed by atoms with Gasteiger partial charge in [0.15, 0.2) is 0 Å². The third kappa shape index (κ3) is 1.27. The Bertz CT molecular complexity index is 526. The number of hydrogen-bond acceptors (Lipinski definition) is 2. The fraction of sp³-hybridized carbons (Fsp3) is 0.250. The summed E-state index contributed by atoms with van der Waals surface area (Å²) in [4.78, 5) is 15.2. The van der Waals surface area contributed by atoms with E-state index in [1.807, 2.05) is 22.2 Å². The Kier molecular flexibility index (Phi) is 1.90. The van der Waals surface area contributed by atoms with Crippen LogP contribution in [0.1, 0.15) is 5.56 Å². The fourth-order valence-electron chi connectivity index (χ4n) is 1.20. The van der Waals surface area contributed by atoms with Crippen LogP contribution in [0, 0.1) is 10.6 Å². The Morgan fingerprint density at radius 1 is 1.46 bits per heavy atom. The van der Waals surface area contributed by atoms with E-state index in [-0.39, 0.29) is 5.56 Å². The summed E-state index contributed by atoms with van der Waals surface area (Å²) in [5.41, 5.74) is 0.511. The highest BCUT2D eigenvalue weighted by atomic mass is 127. The van der Waals surface area contributed by atoms with Gasteiger partial charge in [-0.2, -0.15) is 4.98 Å². The van der Waals surface area contributed by atoms with E-state index in [1.54, 1.807) is 13.1 Å². The predicted octanol–water partition coefficient (Wildman–Crippen LogP) is 0.946. The van der Waals surface area contributed by atoms with Gasteiger partial charge in [-0.1, -0.05) is 0 Å². The van der Waals surface area contributed by atoms with Crippen LogP contribution in [0.4, 0.5) is 0 Å². The minimum atomic E-state index is -0.155. The molecule has 0 radical (unpaired) electrons. The lowest BCUT2D eigenvalue weighted by atomic mass is 10.4. The van der Waals surface area contributed by atoms with Crippen LogP contribution in [0.3, 0.4) is 0 Å². The first-order valence-corrected chi connectivity index (χ1v) is 4.88. The lowest BCUT2D eigenvalue weighted by molar-refractivity contribution is 0.891. The second-order valence-corrected chi connectivity index (χ2v) is 4.05. The molecule has 0 unspecified atom stereocenters. The number of halogens is 1. The molecule has 0 spiro atoms. The first-order chi connectivity index (χ1) is 6.09. The van der Waals surface area contributed by atoms with Crippen LogP contribution in [0.25, 0.3) is 5.78 Å². The zero-order chi connectivity index (χ0) is 9.59. The molecule has 0 bridgehead atoms. The molecular formula is C8H8IN3O. The van der Waals surface area contributed by atoms with Gasteiger partial charge in [-0.25, -0.2) is 0 Å². The quantitative estimate of drug-likeness (QED) is 0.677. The van der Waals surface area contributed by atoms with Gasteiger partial charge in [0.05, 0.1) is 3.70 Å². The van der Waals surface area contributed by atoms with Crippen molar-refractivity contribution in [3.63, 3.8) is 0 Å². The molecule has 0 saturated carbocycles. The lowest BCUT2D eigenvalue weighted by Gasteiger charge is -1.96. The number of aryl methyl sites for hydroxylation is 2. The summed E-state index contributed by atoms with van der Waals surface area (Å²) in [6.07, 6.45) is 3.74. The van der Waals surface area contributed by atoms with Crippen molar-refractivity contribution in [2.75, 3.05) is 0 Å². The molecule has 0 amide bonds. The average molecular weight is 289 g/mol. The molecule has 0 aromatic carbocycles. The number of rotatable bonds is 0. The van der Waals surface area contributed by atoms with E-state index < -0.39 is 0 Å². The first-order valence-electron chi connectivity index (χ1n) is 3.80. The second kappa shape index (κ2) is 2.83. The van der Waals surface area contributed by atoms with E-state index in [0.717, 1.165) is 3.70 Å². The van der Waals surface area contributed by atoms with Gasteiger partial charge >= 0.3 is 0 Å². The molecule has 0 atom stereocenters. The van der Waals surface area contributed by atoms with Crippen LogP contribution < -0.4 is 5.56 Å². The molecule has 2 aromatic heterocycles. The Balaban J connectivity index is 2.97. The molecule has 0 fully saturated rings. The molecule has 2 aromatic rings. The van der Waals surface area contributed by atoms with Gasteiger partial charge in [0.1, 0.15) is 0 Å². The van der Waals surface area contributed by atoms with Crippen molar-refractivity contribution in [3.05, 3.63) is 32.0 Å². The molecular weight excluding hydrogens is 281 g/mol. The number of hydrogen-bond donors (Lipinski definition) is 0. The highest BCUT2D eigenvalue weighted by Crippen LogP contribution is 2.08. The Morgan fingerprint density at radius 3 is 2.85 bits per heavy atom. The summed E-state index contributed by atoms with van der Waals surface area (Å²) in [7, 11) is 1.89. The summed E-state index contributed by atoms with van der Waals surface area (Å²) in [5.74, 6) is 0.681. The van der Waals surface area contributed by atoms with E-state index in [1.165, 1.54) is 0 Å². The minimum absolute atomic E-state index is 0.155. The predicted molar refractivity (Wildman–Crippen MR) is 57.9 cm³/mol. The van der Waals surface area contributed by atoms with Gasteiger partial charge in [-0.3, -0.25) is 9.20 Å². The van der Waals surface area contributed by atoms with Crippen LogP contribution in [-0.2, 0) is 7.05 Å². The average Bonchev–Trinajstić information content (AvgIpc) is 2.32. The zero-order valence-corrected chi connectivity index (χ0v) is 9.44. The Hall–Kier alpha value is -0.850. The van der Waals surface area contributed by atoms with Crippen LogP contribution >= 0.6 is 22.6 Å². The summed E-state index contributed by atoms with van der Waals surface area (Å²) in [5, 5.41) is 0. The summed E-state index contributed by atoms with van der Waals surface area (Å²) in [6.45, 7) is 1.77. The monoisotopic (exact) mass is 289 g/mol. The largest absolute Gasteiger partial charge is 0.308 e. The zero-order valence-electron chi connectivity index (χ0n) is 7.28. The molecule has 0 aliphatic rings. The molecule has 2 rings (SSSR count). The van der Waals surface area contributed by atoms with Crippen molar-refractivity contribution in [1.29, 1.82) is 0 Å². The smallest absolute Gasteiger partial charge is 0.277 e. The third-order valence-electron chi connectivity index (χ3n) is 1.97. The molecule has 68 valence electrons. The second-order valence-electron chi connectivity index (χ2n) is 2.95. The molecule has 0 aliphatic carbocycles.